The van der Waals surface area contributed by atoms with Gasteiger partial charge in [-0.3, -0.25) is 0 Å². The molecule has 0 aromatic carbocycles. The van der Waals surface area contributed by atoms with E-state index >= 15 is 0 Å². The molecule has 0 aromatic rings. The Balaban J connectivity index is 2.20. The molecular formula is C6H12ClN. The molecule has 1 rings (SSSR count). The molecule has 1 saturated carbocycles. The molecule has 0 unspecified atom stereocenters. The summed E-state index contributed by atoms with van der Waals surface area (Å²) in [4.78, 5) is 0. The number of halogens is 1. The van der Waals surface area contributed by atoms with Gasteiger partial charge in [-0.1, -0.05) is 6.92 Å². The maximum absolute atomic E-state index is 5.67. The van der Waals surface area contributed by atoms with E-state index in [1.807, 2.05) is 0 Å². The van der Waals surface area contributed by atoms with Crippen molar-refractivity contribution in [1.29, 1.82) is 0 Å². The highest BCUT2D eigenvalue weighted by Crippen LogP contribution is 2.35. The quantitative estimate of drug-likeness (QED) is 0.574. The summed E-state index contributed by atoms with van der Waals surface area (Å²) in [5, 5.41) is 3.35. The second-order valence-electron chi connectivity index (χ2n) is 2.44. The van der Waals surface area contributed by atoms with E-state index in [1.165, 1.54) is 12.8 Å². The molecule has 1 nitrogen and oxygen atoms in total. The third kappa shape index (κ3) is 1.15. The summed E-state index contributed by atoms with van der Waals surface area (Å²) in [6.45, 7) is 3.17. The molecule has 0 heterocycles. The van der Waals surface area contributed by atoms with Gasteiger partial charge in [0.1, 0.15) is 0 Å². The number of rotatable bonds is 3. The number of hydrogen-bond donors (Lipinski definition) is 1. The first-order valence-corrected chi connectivity index (χ1v) is 3.67. The minimum absolute atomic E-state index is 0.357. The minimum atomic E-state index is 0.357. The molecule has 0 aliphatic heterocycles. The maximum Gasteiger partial charge on any atom is 0.0406 e. The average molecular weight is 134 g/mol. The van der Waals surface area contributed by atoms with Crippen LogP contribution < -0.4 is 5.32 Å². The molecule has 0 aromatic heterocycles. The Hall–Kier alpha value is 0.250. The Morgan fingerprint density at radius 2 is 2.25 bits per heavy atom. The largest absolute Gasteiger partial charge is 0.310 e. The van der Waals surface area contributed by atoms with E-state index in [9.17, 15) is 0 Å². The lowest BCUT2D eigenvalue weighted by Gasteiger charge is -2.10. The summed E-state index contributed by atoms with van der Waals surface area (Å²) in [6.07, 6.45) is 2.54. The van der Waals surface area contributed by atoms with Gasteiger partial charge >= 0.3 is 0 Å². The van der Waals surface area contributed by atoms with Crippen molar-refractivity contribution in [3.05, 3.63) is 0 Å². The second kappa shape index (κ2) is 2.24. The van der Waals surface area contributed by atoms with Gasteiger partial charge in [0.15, 0.2) is 0 Å². The maximum atomic E-state index is 5.67. The fourth-order valence-corrected chi connectivity index (χ4v) is 1.25. The van der Waals surface area contributed by atoms with Crippen molar-refractivity contribution in [2.45, 2.75) is 25.3 Å². The topological polar surface area (TPSA) is 12.0 Å². The Bertz CT molecular complexity index is 78.6. The van der Waals surface area contributed by atoms with Crippen LogP contribution in [-0.2, 0) is 0 Å². The van der Waals surface area contributed by atoms with Gasteiger partial charge in [0.05, 0.1) is 0 Å². The van der Waals surface area contributed by atoms with Gasteiger partial charge < -0.3 is 5.32 Å². The zero-order valence-corrected chi connectivity index (χ0v) is 5.96. The van der Waals surface area contributed by atoms with E-state index in [0.717, 1.165) is 12.4 Å². The lowest BCUT2D eigenvalue weighted by Crippen LogP contribution is -2.32. The summed E-state index contributed by atoms with van der Waals surface area (Å²) in [5.74, 6) is 0.779. The van der Waals surface area contributed by atoms with Crippen molar-refractivity contribution < 1.29 is 0 Å². The van der Waals surface area contributed by atoms with E-state index in [0.29, 0.717) is 5.54 Å². The van der Waals surface area contributed by atoms with Crippen molar-refractivity contribution in [2.75, 3.05) is 12.4 Å². The van der Waals surface area contributed by atoms with Crippen LogP contribution in [0.15, 0.2) is 0 Å². The van der Waals surface area contributed by atoms with Crippen LogP contribution in [0.5, 0.6) is 0 Å². The van der Waals surface area contributed by atoms with Crippen LogP contribution in [0.2, 0.25) is 0 Å². The number of nitrogens with one attached hydrogen (secondary N) is 1. The highest BCUT2D eigenvalue weighted by Gasteiger charge is 2.40. The normalized spacial score (nSPS) is 23.2. The van der Waals surface area contributed by atoms with Crippen molar-refractivity contribution >= 4 is 11.6 Å². The van der Waals surface area contributed by atoms with E-state index in [2.05, 4.69) is 12.2 Å². The highest BCUT2D eigenvalue weighted by atomic mass is 35.5. The lowest BCUT2D eigenvalue weighted by molar-refractivity contribution is 0.564. The predicted molar refractivity (Wildman–Crippen MR) is 36.4 cm³/mol. The fraction of sp³-hybridized carbons (Fsp3) is 1.00. The van der Waals surface area contributed by atoms with E-state index in [-0.39, 0.29) is 0 Å². The van der Waals surface area contributed by atoms with Crippen LogP contribution in [-0.4, -0.2) is 18.0 Å². The van der Waals surface area contributed by atoms with Crippen LogP contribution in [0.25, 0.3) is 0 Å². The molecule has 1 N–H and O–H groups in total. The SMILES string of the molecule is CCNC1(CCl)CC1. The van der Waals surface area contributed by atoms with E-state index < -0.39 is 0 Å². The average Bonchev–Trinajstić information content (AvgIpc) is 2.50. The molecule has 1 fully saturated rings. The van der Waals surface area contributed by atoms with E-state index in [1.54, 1.807) is 0 Å². The first-order chi connectivity index (χ1) is 3.83. The predicted octanol–water partition coefficient (Wildman–Crippen LogP) is 1.37. The van der Waals surface area contributed by atoms with Gasteiger partial charge in [-0.25, -0.2) is 0 Å². The Morgan fingerprint density at radius 3 is 2.38 bits per heavy atom. The van der Waals surface area contributed by atoms with Crippen LogP contribution in [0.3, 0.4) is 0 Å². The van der Waals surface area contributed by atoms with Gasteiger partial charge in [-0.15, -0.1) is 11.6 Å². The van der Waals surface area contributed by atoms with E-state index in [4.69, 9.17) is 11.6 Å². The number of hydrogen-bond acceptors (Lipinski definition) is 1. The lowest BCUT2D eigenvalue weighted by atomic mass is 10.3. The molecule has 0 spiro atoms. The molecule has 48 valence electrons. The third-order valence-electron chi connectivity index (χ3n) is 1.66. The van der Waals surface area contributed by atoms with Gasteiger partial charge in [0.2, 0.25) is 0 Å². The molecule has 0 bridgehead atoms. The first-order valence-electron chi connectivity index (χ1n) is 3.14. The third-order valence-corrected chi connectivity index (χ3v) is 2.17. The van der Waals surface area contributed by atoms with Gasteiger partial charge in [0, 0.05) is 11.4 Å². The second-order valence-corrected chi connectivity index (χ2v) is 2.71. The molecule has 8 heavy (non-hydrogen) atoms. The molecule has 2 heteroatoms. The Labute approximate surface area is 55.4 Å². The molecule has 1 aliphatic rings. The monoisotopic (exact) mass is 133 g/mol. The zero-order valence-electron chi connectivity index (χ0n) is 5.21. The summed E-state index contributed by atoms with van der Waals surface area (Å²) in [5.41, 5.74) is 0.357. The zero-order chi connectivity index (χ0) is 6.04. The van der Waals surface area contributed by atoms with Crippen LogP contribution in [0.1, 0.15) is 19.8 Å². The van der Waals surface area contributed by atoms with Gasteiger partial charge in [-0.2, -0.15) is 0 Å². The van der Waals surface area contributed by atoms with Crippen LogP contribution in [0.4, 0.5) is 0 Å². The Kier molecular flexibility index (Phi) is 1.78. The van der Waals surface area contributed by atoms with Crippen LogP contribution >= 0.6 is 11.6 Å². The molecule has 0 radical (unpaired) electrons. The first kappa shape index (κ1) is 6.37. The summed E-state index contributed by atoms with van der Waals surface area (Å²) in [7, 11) is 0. The van der Waals surface area contributed by atoms with Crippen molar-refractivity contribution in [3.63, 3.8) is 0 Å². The van der Waals surface area contributed by atoms with Crippen molar-refractivity contribution in [2.24, 2.45) is 0 Å². The highest BCUT2D eigenvalue weighted by molar-refractivity contribution is 6.18. The molecule has 0 amide bonds. The standard InChI is InChI=1S/C6H12ClN/c1-2-8-6(5-7)3-4-6/h8H,2-5H2,1H3. The Morgan fingerprint density at radius 1 is 1.62 bits per heavy atom. The van der Waals surface area contributed by atoms with Crippen molar-refractivity contribution in [3.8, 4) is 0 Å². The van der Waals surface area contributed by atoms with Crippen LogP contribution in [0, 0.1) is 0 Å². The smallest absolute Gasteiger partial charge is 0.0406 e. The summed E-state index contributed by atoms with van der Waals surface area (Å²) < 4.78 is 0. The molecule has 0 saturated heterocycles. The minimum Gasteiger partial charge on any atom is -0.310 e. The molecule has 1 aliphatic carbocycles. The van der Waals surface area contributed by atoms with Gasteiger partial charge in [-0.05, 0) is 19.4 Å². The number of alkyl halides is 1. The fourth-order valence-electron chi connectivity index (χ4n) is 0.884. The summed E-state index contributed by atoms with van der Waals surface area (Å²) >= 11 is 5.67. The van der Waals surface area contributed by atoms with Gasteiger partial charge in [0.25, 0.3) is 0 Å². The van der Waals surface area contributed by atoms with Crippen molar-refractivity contribution in [1.82, 2.24) is 5.32 Å². The molecule has 0 atom stereocenters. The molecular weight excluding hydrogens is 122 g/mol. The summed E-state index contributed by atoms with van der Waals surface area (Å²) in [6, 6.07) is 0.